The number of hydrogen-bond donors (Lipinski definition) is 6. The first kappa shape index (κ1) is 41.3. The molecule has 2 aromatic carbocycles. The summed E-state index contributed by atoms with van der Waals surface area (Å²) >= 11 is 0. The molecule has 2 atom stereocenters. The van der Waals surface area contributed by atoms with Crippen molar-refractivity contribution in [3.63, 3.8) is 0 Å². The summed E-state index contributed by atoms with van der Waals surface area (Å²) in [5, 5.41) is 24.6. The minimum Gasteiger partial charge on any atom is -0.490 e. The van der Waals surface area contributed by atoms with E-state index in [9.17, 15) is 38.7 Å². The van der Waals surface area contributed by atoms with Gasteiger partial charge in [0.1, 0.15) is 24.8 Å². The zero-order chi connectivity index (χ0) is 42.9. The van der Waals surface area contributed by atoms with Crippen molar-refractivity contribution in [3.05, 3.63) is 86.7 Å². The highest BCUT2D eigenvalue weighted by Crippen LogP contribution is 2.45. The van der Waals surface area contributed by atoms with Crippen molar-refractivity contribution >= 4 is 52.3 Å². The second-order valence-corrected chi connectivity index (χ2v) is 15.7. The number of pyridine rings is 2. The molecule has 0 fully saturated rings. The first-order valence-electron chi connectivity index (χ1n) is 19.5. The number of cyclic esters (lactones) is 1. The lowest BCUT2D eigenvalue weighted by atomic mass is 9.86. The van der Waals surface area contributed by atoms with Crippen LogP contribution in [0.1, 0.15) is 61.9 Å². The number of ether oxygens (including phenoxy) is 3. The van der Waals surface area contributed by atoms with E-state index in [0.29, 0.717) is 40.1 Å². The Morgan fingerprint density at radius 1 is 0.917 bits per heavy atom. The quantitative estimate of drug-likeness (QED) is 0.0980. The van der Waals surface area contributed by atoms with E-state index >= 15 is 0 Å². The number of anilines is 1. The van der Waals surface area contributed by atoms with Crippen LogP contribution < -0.4 is 36.9 Å². The Labute approximate surface area is 343 Å². The summed E-state index contributed by atoms with van der Waals surface area (Å²) < 4.78 is 17.9. The van der Waals surface area contributed by atoms with Crippen LogP contribution in [-0.4, -0.2) is 88.2 Å². The highest BCUT2D eigenvalue weighted by atomic mass is 16.6. The first-order chi connectivity index (χ1) is 28.6. The smallest absolute Gasteiger partial charge is 0.408 e. The van der Waals surface area contributed by atoms with Crippen LogP contribution >= 0.6 is 0 Å². The van der Waals surface area contributed by atoms with Gasteiger partial charge in [0.15, 0.2) is 11.4 Å². The Kier molecular flexibility index (Phi) is 11.3. The van der Waals surface area contributed by atoms with Crippen molar-refractivity contribution in [1.82, 2.24) is 30.8 Å². The van der Waals surface area contributed by atoms with E-state index in [1.807, 2.05) is 0 Å². The van der Waals surface area contributed by atoms with Gasteiger partial charge in [-0.15, -0.1) is 0 Å². The summed E-state index contributed by atoms with van der Waals surface area (Å²) in [6.45, 7) is 5.52. The molecule has 0 saturated heterocycles. The third kappa shape index (κ3) is 8.36. The van der Waals surface area contributed by atoms with Gasteiger partial charge in [-0.1, -0.05) is 37.3 Å². The van der Waals surface area contributed by atoms with Crippen LogP contribution in [0.2, 0.25) is 0 Å². The summed E-state index contributed by atoms with van der Waals surface area (Å²) in [6, 6.07) is 12.8. The molecule has 314 valence electrons. The molecule has 0 unspecified atom stereocenters. The molecule has 5 heterocycles. The van der Waals surface area contributed by atoms with Crippen LogP contribution in [0.3, 0.4) is 0 Å². The molecule has 2 aromatic heterocycles. The van der Waals surface area contributed by atoms with Gasteiger partial charge in [-0.2, -0.15) is 0 Å². The molecular weight excluding hydrogens is 778 g/mol. The molecule has 6 N–H and O–H groups in total. The molecule has 0 saturated carbocycles. The Hall–Kier alpha value is -6.82. The van der Waals surface area contributed by atoms with Crippen LogP contribution in [0.5, 0.6) is 5.75 Å². The molecule has 60 heavy (non-hydrogen) atoms. The van der Waals surface area contributed by atoms with Gasteiger partial charge in [0.2, 0.25) is 23.6 Å². The summed E-state index contributed by atoms with van der Waals surface area (Å²) in [5.74, 6) is -2.99. The minimum atomic E-state index is -1.95. The van der Waals surface area contributed by atoms with Gasteiger partial charge in [-0.25, -0.2) is 14.6 Å². The fourth-order valence-corrected chi connectivity index (χ4v) is 7.51. The van der Waals surface area contributed by atoms with Gasteiger partial charge in [-0.05, 0) is 56.5 Å². The van der Waals surface area contributed by atoms with Crippen molar-refractivity contribution < 1.29 is 48.1 Å². The third-order valence-corrected chi connectivity index (χ3v) is 10.4. The summed E-state index contributed by atoms with van der Waals surface area (Å²) in [5.41, 5.74) is 1.68. The topological polar surface area (TPSA) is 245 Å². The number of alkyl carbamates (subject to hydrolysis) is 1. The molecule has 5 amide bonds. The SMILES string of the molecule is CC[C@@]1(O)C(=O)OCc2c1cc1n(c2=O)Cc2c-1nc1ccc(NC(=O)CNC(=O)[C@H](Cc3ccccc3)NC(=O)CNC(=O)CNC(=O)OC(C)(C)C)c3c1c2CCO3. The number of amides is 5. The highest BCUT2D eigenvalue weighted by molar-refractivity contribution is 6.03. The molecule has 18 heteroatoms. The molecule has 0 spiro atoms. The van der Waals surface area contributed by atoms with Crippen LogP contribution in [0.25, 0.3) is 22.3 Å². The third-order valence-electron chi connectivity index (χ3n) is 10.4. The normalized spacial score (nSPS) is 16.5. The number of carbonyl (C=O) groups excluding carboxylic acids is 6. The van der Waals surface area contributed by atoms with Gasteiger partial charge >= 0.3 is 12.1 Å². The molecule has 0 aliphatic carbocycles. The van der Waals surface area contributed by atoms with E-state index in [4.69, 9.17) is 19.2 Å². The Morgan fingerprint density at radius 3 is 2.38 bits per heavy atom. The maximum Gasteiger partial charge on any atom is 0.408 e. The maximum absolute atomic E-state index is 13.7. The van der Waals surface area contributed by atoms with E-state index in [2.05, 4.69) is 26.6 Å². The van der Waals surface area contributed by atoms with Gasteiger partial charge < -0.3 is 50.5 Å². The van der Waals surface area contributed by atoms with Crippen LogP contribution in [0.15, 0.2) is 53.3 Å². The summed E-state index contributed by atoms with van der Waals surface area (Å²) in [6.07, 6.45) is -0.196. The zero-order valence-corrected chi connectivity index (χ0v) is 33.5. The highest BCUT2D eigenvalue weighted by Gasteiger charge is 2.45. The number of aromatic nitrogens is 2. The van der Waals surface area contributed by atoms with Gasteiger partial charge in [0.05, 0.1) is 54.4 Å². The van der Waals surface area contributed by atoms with Crippen molar-refractivity contribution in [1.29, 1.82) is 0 Å². The number of rotatable bonds is 12. The molecule has 3 aliphatic rings. The monoisotopic (exact) mass is 823 g/mol. The Morgan fingerprint density at radius 2 is 1.65 bits per heavy atom. The number of aliphatic hydroxyl groups is 1. The number of benzene rings is 2. The predicted octanol–water partition coefficient (Wildman–Crippen LogP) is 1.44. The summed E-state index contributed by atoms with van der Waals surface area (Å²) in [7, 11) is 0. The van der Waals surface area contributed by atoms with Crippen molar-refractivity contribution in [2.45, 2.75) is 77.4 Å². The van der Waals surface area contributed by atoms with E-state index < -0.39 is 72.6 Å². The van der Waals surface area contributed by atoms with Crippen molar-refractivity contribution in [3.8, 4) is 17.1 Å². The Balaban J connectivity index is 1.03. The molecule has 7 rings (SSSR count). The molecule has 4 aromatic rings. The van der Waals surface area contributed by atoms with Crippen LogP contribution in [0.4, 0.5) is 10.5 Å². The molecule has 18 nitrogen and oxygen atoms in total. The lowest BCUT2D eigenvalue weighted by Crippen LogP contribution is -2.52. The van der Waals surface area contributed by atoms with E-state index in [0.717, 1.165) is 16.7 Å². The number of carbonyl (C=O) groups is 6. The summed E-state index contributed by atoms with van der Waals surface area (Å²) in [4.78, 5) is 95.0. The largest absolute Gasteiger partial charge is 0.490 e. The Bertz CT molecular complexity index is 2500. The number of nitrogens with one attached hydrogen (secondary N) is 5. The molecule has 0 radical (unpaired) electrons. The number of esters is 1. The van der Waals surface area contributed by atoms with Gasteiger partial charge in [0, 0.05) is 29.4 Å². The minimum absolute atomic E-state index is 0.0226. The second-order valence-electron chi connectivity index (χ2n) is 15.7. The van der Waals surface area contributed by atoms with E-state index in [-0.39, 0.29) is 49.3 Å². The van der Waals surface area contributed by atoms with E-state index in [1.54, 1.807) is 80.8 Å². The molecule has 3 aliphatic heterocycles. The van der Waals surface area contributed by atoms with Gasteiger partial charge in [-0.3, -0.25) is 24.0 Å². The van der Waals surface area contributed by atoms with E-state index in [1.165, 1.54) is 0 Å². The second kappa shape index (κ2) is 16.4. The number of hydrogen-bond acceptors (Lipinski definition) is 12. The van der Waals surface area contributed by atoms with Crippen molar-refractivity contribution in [2.24, 2.45) is 0 Å². The van der Waals surface area contributed by atoms with Crippen molar-refractivity contribution in [2.75, 3.05) is 31.6 Å². The standard InChI is InChI=1S/C42H45N7O11/c1-5-42(57)26-16-30-35-24(20-49(30)38(54)25(26)21-59-39(42)55)23-13-14-58-36-28(12-11-27(48-35)34(23)36)46-33(52)19-44-37(53)29(15-22-9-7-6-8-10-22)47-32(51)18-43-31(50)17-45-40(56)60-41(2,3)4/h6-12,16,29,57H,5,13-15,17-21H2,1-4H3,(H,43,50)(H,44,53)(H,45,56)(H,46,52)(H,47,51)/t29-,42-/m0/s1. The zero-order valence-electron chi connectivity index (χ0n) is 33.5. The predicted molar refractivity (Wildman–Crippen MR) is 215 cm³/mol. The first-order valence-corrected chi connectivity index (χ1v) is 19.5. The average molecular weight is 824 g/mol. The molecular formula is C42H45N7O11. The van der Waals surface area contributed by atoms with Crippen LogP contribution in [0, 0.1) is 0 Å². The van der Waals surface area contributed by atoms with Gasteiger partial charge in [0.25, 0.3) is 5.56 Å². The maximum atomic E-state index is 13.7. The average Bonchev–Trinajstić information content (AvgIpc) is 3.59. The van der Waals surface area contributed by atoms with Crippen LogP contribution in [-0.2, 0) is 65.0 Å². The molecule has 0 bridgehead atoms. The fraction of sp³-hybridized carbons (Fsp3) is 0.381. The number of nitrogens with zero attached hydrogens (tertiary/aromatic N) is 2. The lowest BCUT2D eigenvalue weighted by molar-refractivity contribution is -0.172. The lowest BCUT2D eigenvalue weighted by Gasteiger charge is -2.31. The number of fused-ring (bicyclic) bond motifs is 5. The fourth-order valence-electron chi connectivity index (χ4n) is 7.51.